The molecule has 2 saturated heterocycles. The van der Waals surface area contributed by atoms with Crippen LogP contribution in [0.2, 0.25) is 0 Å². The van der Waals surface area contributed by atoms with Crippen LogP contribution in [0.5, 0.6) is 0 Å². The van der Waals surface area contributed by atoms with Crippen molar-refractivity contribution in [2.75, 3.05) is 26.4 Å². The maximum absolute atomic E-state index is 14.1. The molecule has 0 aromatic rings. The quantitative estimate of drug-likeness (QED) is 0.0197. The normalized spacial score (nSPS) is 30.5. The first-order chi connectivity index (χ1) is 39.9. The highest BCUT2D eigenvalue weighted by molar-refractivity contribution is 7.47. The van der Waals surface area contributed by atoms with Gasteiger partial charge in [0, 0.05) is 12.8 Å². The Morgan fingerprint density at radius 1 is 0.410 bits per heavy atom. The van der Waals surface area contributed by atoms with Gasteiger partial charge in [0.2, 0.25) is 0 Å². The first kappa shape index (κ1) is 75.7. The van der Waals surface area contributed by atoms with Crippen LogP contribution in [0.4, 0.5) is 0 Å². The number of esters is 2. The number of phosphoric ester groups is 1. The van der Waals surface area contributed by atoms with Gasteiger partial charge in [-0.1, -0.05) is 206 Å². The van der Waals surface area contributed by atoms with Crippen LogP contribution in [-0.4, -0.2) is 204 Å². The van der Waals surface area contributed by atoms with Gasteiger partial charge in [0.25, 0.3) is 0 Å². The predicted octanol–water partition coefficient (Wildman–Crippen LogP) is 5.71. The topological polar surface area (TPSA) is 368 Å². The van der Waals surface area contributed by atoms with E-state index in [1.165, 1.54) is 135 Å². The minimum absolute atomic E-state index is 0.0243. The second kappa shape index (κ2) is 44.0. The van der Waals surface area contributed by atoms with E-state index in [1.807, 2.05) is 0 Å². The average Bonchev–Trinajstić information content (AvgIpc) is 3.42. The van der Waals surface area contributed by atoms with Gasteiger partial charge in [0.05, 0.1) is 19.8 Å². The molecule has 0 amide bonds. The Hall–Kier alpha value is -1.55. The molecule has 0 bridgehead atoms. The van der Waals surface area contributed by atoms with Crippen LogP contribution in [0.15, 0.2) is 0 Å². The highest BCUT2D eigenvalue weighted by Gasteiger charge is 2.58. The van der Waals surface area contributed by atoms with Crippen molar-refractivity contribution in [3.8, 4) is 0 Å². The molecule has 490 valence electrons. The third kappa shape index (κ3) is 29.1. The molecule has 12 N–H and O–H groups in total. The zero-order valence-electron chi connectivity index (χ0n) is 50.0. The molecule has 3 rings (SSSR count). The Kier molecular flexibility index (Phi) is 40.1. The number of hydrogen-bond acceptors (Lipinski definition) is 22. The molecule has 1 saturated carbocycles. The fourth-order valence-electron chi connectivity index (χ4n) is 10.9. The summed E-state index contributed by atoms with van der Waals surface area (Å²) in [4.78, 5) is 37.6. The van der Waals surface area contributed by atoms with Crippen molar-refractivity contribution in [1.82, 2.24) is 0 Å². The standard InChI is InChI=1S/C59H111O23P/c1-3-5-7-9-11-13-15-17-19-21-23-25-27-29-31-33-35-44(62)75-39-41(77-45(63)36-34-32-30-28-26-24-22-20-18-16-14-12-10-8-6-4-2)40-76-83(73,74)82-57-55(80-58-53(71)48(66)46(64)42(37-60)78-58)51(69)50(68)52(70)56(57)81-59-54(72)49(67)47(65)43(38-61)79-59/h41-43,46-61,64-72H,3-40H2,1-2H3,(H,73,74). The zero-order valence-corrected chi connectivity index (χ0v) is 50.9. The van der Waals surface area contributed by atoms with Crippen LogP contribution in [0.1, 0.15) is 232 Å². The van der Waals surface area contributed by atoms with Gasteiger partial charge in [0.1, 0.15) is 92.1 Å². The number of rotatable bonds is 48. The van der Waals surface area contributed by atoms with Crippen molar-refractivity contribution in [1.29, 1.82) is 0 Å². The van der Waals surface area contributed by atoms with Crippen LogP contribution in [0.25, 0.3) is 0 Å². The summed E-state index contributed by atoms with van der Waals surface area (Å²) in [6, 6.07) is 0. The first-order valence-corrected chi connectivity index (χ1v) is 33.4. The number of hydrogen-bond donors (Lipinski definition) is 12. The summed E-state index contributed by atoms with van der Waals surface area (Å²) >= 11 is 0. The van der Waals surface area contributed by atoms with Crippen molar-refractivity contribution < 1.29 is 113 Å². The van der Waals surface area contributed by atoms with Crippen molar-refractivity contribution in [2.45, 2.75) is 336 Å². The van der Waals surface area contributed by atoms with E-state index >= 15 is 0 Å². The van der Waals surface area contributed by atoms with Crippen LogP contribution >= 0.6 is 7.82 Å². The third-order valence-electron chi connectivity index (χ3n) is 16.2. The van der Waals surface area contributed by atoms with E-state index in [2.05, 4.69) is 13.8 Å². The molecule has 16 unspecified atom stereocenters. The summed E-state index contributed by atoms with van der Waals surface area (Å²) in [6.07, 6.45) is 2.03. The molecule has 23 nitrogen and oxygen atoms in total. The van der Waals surface area contributed by atoms with Gasteiger partial charge in [-0.25, -0.2) is 4.57 Å². The molecule has 2 heterocycles. The van der Waals surface area contributed by atoms with E-state index in [-0.39, 0.29) is 12.8 Å². The van der Waals surface area contributed by atoms with Gasteiger partial charge in [-0.15, -0.1) is 0 Å². The summed E-state index contributed by atoms with van der Waals surface area (Å²) in [5.74, 6) is -1.32. The fourth-order valence-corrected chi connectivity index (χ4v) is 11.9. The fraction of sp³-hybridized carbons (Fsp3) is 0.966. The largest absolute Gasteiger partial charge is 0.472 e. The summed E-state index contributed by atoms with van der Waals surface area (Å²) in [7, 11) is -5.63. The van der Waals surface area contributed by atoms with Crippen LogP contribution in [-0.2, 0) is 51.6 Å². The molecule has 0 radical (unpaired) electrons. The first-order valence-electron chi connectivity index (χ1n) is 31.9. The highest BCUT2D eigenvalue weighted by Crippen LogP contribution is 2.49. The van der Waals surface area contributed by atoms with E-state index in [0.29, 0.717) is 12.8 Å². The van der Waals surface area contributed by atoms with Crippen molar-refractivity contribution in [3.05, 3.63) is 0 Å². The Morgan fingerprint density at radius 2 is 0.723 bits per heavy atom. The number of phosphoric acid groups is 1. The molecule has 1 aliphatic carbocycles. The van der Waals surface area contributed by atoms with E-state index in [1.54, 1.807) is 0 Å². The van der Waals surface area contributed by atoms with Gasteiger partial charge in [-0.05, 0) is 12.8 Å². The predicted molar refractivity (Wildman–Crippen MR) is 305 cm³/mol. The Balaban J connectivity index is 1.66. The Morgan fingerprint density at radius 3 is 1.06 bits per heavy atom. The molecule has 0 aromatic carbocycles. The lowest BCUT2D eigenvalue weighted by Gasteiger charge is -2.49. The SMILES string of the molecule is CCCCCCCCCCCCCCCCCCC(=O)OCC(COP(=O)(O)OC1C(OC2OC(CO)C(O)C(O)C2O)C(O)C(O)C(O)C1OC1OC(CO)C(O)C(O)C1O)OC(=O)CCCCCCCCCCCCCCCCCC. The van der Waals surface area contributed by atoms with Gasteiger partial charge < -0.3 is 89.5 Å². The van der Waals surface area contributed by atoms with Crippen molar-refractivity contribution in [2.24, 2.45) is 0 Å². The number of aliphatic hydroxyl groups excluding tert-OH is 11. The smallest absolute Gasteiger partial charge is 0.462 e. The molecule has 3 fully saturated rings. The van der Waals surface area contributed by atoms with E-state index in [4.69, 9.17) is 37.5 Å². The van der Waals surface area contributed by atoms with Gasteiger partial charge >= 0.3 is 19.8 Å². The molecule has 0 spiro atoms. The number of carbonyl (C=O) groups is 2. The van der Waals surface area contributed by atoms with E-state index in [0.717, 1.165) is 57.8 Å². The minimum Gasteiger partial charge on any atom is -0.462 e. The summed E-state index contributed by atoms with van der Waals surface area (Å²) in [6.45, 7) is 1.06. The maximum atomic E-state index is 14.1. The summed E-state index contributed by atoms with van der Waals surface area (Å²) in [5.41, 5.74) is 0. The lowest BCUT2D eigenvalue weighted by atomic mass is 9.84. The molecular formula is C59H111O23P. The van der Waals surface area contributed by atoms with E-state index in [9.17, 15) is 75.2 Å². The molecular weight excluding hydrogens is 1110 g/mol. The Bertz CT molecular complexity index is 1650. The number of unbranched alkanes of at least 4 members (excludes halogenated alkanes) is 30. The van der Waals surface area contributed by atoms with Gasteiger partial charge in [-0.3, -0.25) is 18.6 Å². The van der Waals surface area contributed by atoms with Gasteiger partial charge in [-0.2, -0.15) is 0 Å². The maximum Gasteiger partial charge on any atom is 0.472 e. The molecule has 83 heavy (non-hydrogen) atoms. The number of carbonyl (C=O) groups excluding carboxylic acids is 2. The number of ether oxygens (including phenoxy) is 6. The van der Waals surface area contributed by atoms with Crippen LogP contribution < -0.4 is 0 Å². The van der Waals surface area contributed by atoms with Crippen molar-refractivity contribution in [3.63, 3.8) is 0 Å². The molecule has 2 aliphatic heterocycles. The lowest BCUT2D eigenvalue weighted by molar-refractivity contribution is -0.360. The second-order valence-electron chi connectivity index (χ2n) is 23.3. The lowest BCUT2D eigenvalue weighted by Crippen LogP contribution is -2.69. The average molecular weight is 1220 g/mol. The minimum atomic E-state index is -5.63. The molecule has 24 heteroatoms. The second-order valence-corrected chi connectivity index (χ2v) is 24.7. The molecule has 0 aromatic heterocycles. The van der Waals surface area contributed by atoms with E-state index < -0.39 is 150 Å². The summed E-state index contributed by atoms with van der Waals surface area (Å²) in [5, 5.41) is 117. The van der Waals surface area contributed by atoms with Crippen LogP contribution in [0.3, 0.4) is 0 Å². The number of aliphatic hydroxyl groups is 11. The van der Waals surface area contributed by atoms with Crippen molar-refractivity contribution >= 4 is 19.8 Å². The highest BCUT2D eigenvalue weighted by atomic mass is 31.2. The Labute approximate surface area is 493 Å². The monoisotopic (exact) mass is 1220 g/mol. The van der Waals surface area contributed by atoms with Gasteiger partial charge in [0.15, 0.2) is 18.7 Å². The molecule has 16 atom stereocenters. The third-order valence-corrected chi connectivity index (χ3v) is 17.2. The summed E-state index contributed by atoms with van der Waals surface area (Å²) < 4.78 is 58.3. The van der Waals surface area contributed by atoms with Crippen LogP contribution in [0, 0.1) is 0 Å². The zero-order chi connectivity index (χ0) is 61.0. The molecule has 3 aliphatic rings.